The van der Waals surface area contributed by atoms with Gasteiger partial charge in [0, 0.05) is 22.2 Å². The molecule has 0 radical (unpaired) electrons. The molecule has 1 aliphatic rings. The van der Waals surface area contributed by atoms with E-state index in [4.69, 9.17) is 5.10 Å². The molecule has 3 heterocycles. The summed E-state index contributed by atoms with van der Waals surface area (Å²) < 4.78 is 44.4. The van der Waals surface area contributed by atoms with Gasteiger partial charge in [0.1, 0.15) is 5.75 Å². The van der Waals surface area contributed by atoms with Crippen molar-refractivity contribution in [2.75, 3.05) is 6.54 Å². The molecule has 1 fully saturated rings. The lowest BCUT2D eigenvalue weighted by Crippen LogP contribution is -2.62. The van der Waals surface area contributed by atoms with Crippen LogP contribution in [0.25, 0.3) is 16.7 Å². The highest BCUT2D eigenvalue weighted by Crippen LogP contribution is 2.46. The first-order chi connectivity index (χ1) is 15.3. The zero-order valence-corrected chi connectivity index (χ0v) is 20.5. The van der Waals surface area contributed by atoms with Gasteiger partial charge in [-0.25, -0.2) is 14.5 Å². The Balaban J connectivity index is 1.84. The number of aromatic nitrogens is 3. The molecule has 2 atom stereocenters. The van der Waals surface area contributed by atoms with Crippen molar-refractivity contribution in [1.82, 2.24) is 19.7 Å². The number of halogens is 4. The topological polar surface area (TPSA) is 80.5 Å². The Bertz CT molecular complexity index is 1240. The molecule has 11 heteroatoms. The lowest BCUT2D eigenvalue weighted by molar-refractivity contribution is -0.274. The molecule has 7 nitrogen and oxygen atoms in total. The van der Waals surface area contributed by atoms with Gasteiger partial charge in [-0.3, -0.25) is 0 Å². The number of rotatable bonds is 3. The fourth-order valence-electron chi connectivity index (χ4n) is 4.53. The van der Waals surface area contributed by atoms with Crippen molar-refractivity contribution in [3.8, 4) is 11.4 Å². The summed E-state index contributed by atoms with van der Waals surface area (Å²) in [4.78, 5) is 17.7. The summed E-state index contributed by atoms with van der Waals surface area (Å²) in [6.45, 7) is 7.96. The van der Waals surface area contributed by atoms with E-state index in [1.165, 1.54) is 23.1 Å². The van der Waals surface area contributed by atoms with Gasteiger partial charge in [-0.2, -0.15) is 5.10 Å². The molecule has 1 saturated heterocycles. The van der Waals surface area contributed by atoms with Crippen LogP contribution in [0.4, 0.5) is 18.0 Å². The van der Waals surface area contributed by atoms with Gasteiger partial charge in [0.2, 0.25) is 0 Å². The predicted octanol–water partition coefficient (Wildman–Crippen LogP) is 5.72. The van der Waals surface area contributed by atoms with E-state index in [0.29, 0.717) is 23.4 Å². The minimum atomic E-state index is -4.78. The van der Waals surface area contributed by atoms with Crippen molar-refractivity contribution in [3.05, 3.63) is 45.3 Å². The summed E-state index contributed by atoms with van der Waals surface area (Å²) in [5.74, 6) is -0.456. The molecule has 1 N–H and O–H groups in total. The first-order valence-corrected chi connectivity index (χ1v) is 11.3. The molecule has 0 aliphatic carbocycles. The number of amides is 1. The van der Waals surface area contributed by atoms with Gasteiger partial charge in [0.25, 0.3) is 0 Å². The van der Waals surface area contributed by atoms with Crippen LogP contribution in [0, 0.1) is 15.9 Å². The van der Waals surface area contributed by atoms with Crippen LogP contribution in [0.5, 0.6) is 5.75 Å². The number of fused-ring (bicyclic) bond motifs is 1. The number of benzene rings is 1. The average molecular weight is 574 g/mol. The maximum absolute atomic E-state index is 12.6. The van der Waals surface area contributed by atoms with Crippen molar-refractivity contribution in [3.63, 3.8) is 0 Å². The number of pyridine rings is 1. The van der Waals surface area contributed by atoms with Crippen LogP contribution < -0.4 is 4.74 Å². The van der Waals surface area contributed by atoms with Gasteiger partial charge in [0.15, 0.2) is 5.65 Å². The number of carboxylic acid groups (broad SMARTS) is 1. The number of alkyl halides is 3. The van der Waals surface area contributed by atoms with Gasteiger partial charge < -0.3 is 14.7 Å². The summed E-state index contributed by atoms with van der Waals surface area (Å²) in [7, 11) is 0. The molecule has 33 heavy (non-hydrogen) atoms. The Morgan fingerprint density at radius 3 is 2.52 bits per heavy atom. The third-order valence-corrected chi connectivity index (χ3v) is 6.67. The number of likely N-dealkylation sites (tertiary alicyclic amines) is 1. The highest BCUT2D eigenvalue weighted by Gasteiger charge is 2.50. The number of aryl methyl sites for hydroxylation is 1. The summed E-state index contributed by atoms with van der Waals surface area (Å²) in [6, 6.07) is 5.63. The van der Waals surface area contributed by atoms with Gasteiger partial charge in [-0.05, 0) is 64.8 Å². The highest BCUT2D eigenvalue weighted by atomic mass is 127. The van der Waals surface area contributed by atoms with E-state index >= 15 is 0 Å². The van der Waals surface area contributed by atoms with Crippen molar-refractivity contribution in [2.45, 2.75) is 46.0 Å². The van der Waals surface area contributed by atoms with E-state index in [0.717, 1.165) is 14.7 Å². The van der Waals surface area contributed by atoms with Gasteiger partial charge in [-0.1, -0.05) is 20.8 Å². The van der Waals surface area contributed by atoms with E-state index in [2.05, 4.69) is 32.3 Å². The zero-order valence-electron chi connectivity index (χ0n) is 18.3. The van der Waals surface area contributed by atoms with Crippen LogP contribution in [-0.2, 0) is 0 Å². The van der Waals surface area contributed by atoms with Gasteiger partial charge >= 0.3 is 12.5 Å². The molecule has 1 aliphatic heterocycles. The van der Waals surface area contributed by atoms with E-state index in [1.807, 2.05) is 26.8 Å². The lowest BCUT2D eigenvalue weighted by atomic mass is 9.70. The molecular formula is C22H22F3IN4O3. The second-order valence-corrected chi connectivity index (χ2v) is 10.3. The normalized spacial score (nSPS) is 19.0. The minimum absolute atomic E-state index is 0.143. The van der Waals surface area contributed by atoms with Crippen molar-refractivity contribution in [1.29, 1.82) is 0 Å². The second kappa shape index (κ2) is 8.03. The molecule has 1 aromatic carbocycles. The quantitative estimate of drug-likeness (QED) is 0.405. The van der Waals surface area contributed by atoms with Crippen molar-refractivity contribution in [2.24, 2.45) is 5.41 Å². The summed E-state index contributed by atoms with van der Waals surface area (Å²) >= 11 is 2.20. The van der Waals surface area contributed by atoms with E-state index in [1.54, 1.807) is 17.8 Å². The third-order valence-electron chi connectivity index (χ3n) is 5.77. The SMILES string of the molecule is Cc1cc(OC(F)(F)F)ccc1-n1nc(C2CN(C(=O)O)C2C(C)(C)C)c2c(I)ccnc21. The first kappa shape index (κ1) is 23.6. The van der Waals surface area contributed by atoms with Gasteiger partial charge in [-0.15, -0.1) is 13.2 Å². The van der Waals surface area contributed by atoms with E-state index < -0.39 is 12.5 Å². The summed E-state index contributed by atoms with van der Waals surface area (Å²) in [5, 5.41) is 15.3. The summed E-state index contributed by atoms with van der Waals surface area (Å²) in [6.07, 6.45) is -4.10. The minimum Gasteiger partial charge on any atom is -0.465 e. The Labute approximate surface area is 201 Å². The Kier molecular flexibility index (Phi) is 5.74. The number of ether oxygens (including phenoxy) is 1. The largest absolute Gasteiger partial charge is 0.573 e. The van der Waals surface area contributed by atoms with Crippen LogP contribution in [0.1, 0.15) is 37.9 Å². The highest BCUT2D eigenvalue weighted by molar-refractivity contribution is 14.1. The maximum Gasteiger partial charge on any atom is 0.573 e. The Morgan fingerprint density at radius 2 is 1.94 bits per heavy atom. The van der Waals surface area contributed by atoms with Crippen LogP contribution in [0.15, 0.2) is 30.5 Å². The predicted molar refractivity (Wildman–Crippen MR) is 124 cm³/mol. The third kappa shape index (κ3) is 4.34. The molecule has 4 rings (SSSR count). The monoisotopic (exact) mass is 574 g/mol. The maximum atomic E-state index is 12.6. The number of carbonyl (C=O) groups is 1. The molecule has 0 bridgehead atoms. The fourth-order valence-corrected chi connectivity index (χ4v) is 5.21. The molecule has 2 unspecified atom stereocenters. The molecule has 1 amide bonds. The van der Waals surface area contributed by atoms with Crippen LogP contribution in [0.3, 0.4) is 0 Å². The first-order valence-electron chi connectivity index (χ1n) is 10.2. The van der Waals surface area contributed by atoms with Crippen molar-refractivity contribution >= 4 is 39.7 Å². The number of hydrogen-bond donors (Lipinski definition) is 1. The van der Waals surface area contributed by atoms with Crippen LogP contribution in [0.2, 0.25) is 0 Å². The van der Waals surface area contributed by atoms with E-state index in [9.17, 15) is 23.1 Å². The summed E-state index contributed by atoms with van der Waals surface area (Å²) in [5.41, 5.74) is 2.07. The standard InChI is InChI=1S/C22H22F3IN4O3/c1-11-9-12(33-22(23,24)25)5-6-15(11)30-19-16(14(26)7-8-27-19)17(28-30)13-10-29(20(31)32)18(13)21(2,3)4/h5-9,13,18H,10H2,1-4H3,(H,31,32). The molecule has 2 aromatic heterocycles. The van der Waals surface area contributed by atoms with Crippen LogP contribution >= 0.6 is 22.6 Å². The zero-order chi connectivity index (χ0) is 24.3. The number of nitrogens with zero attached hydrogens (tertiary/aromatic N) is 4. The second-order valence-electron chi connectivity index (χ2n) is 9.14. The lowest BCUT2D eigenvalue weighted by Gasteiger charge is -2.52. The Morgan fingerprint density at radius 1 is 1.24 bits per heavy atom. The molecule has 0 saturated carbocycles. The smallest absolute Gasteiger partial charge is 0.465 e. The molecule has 0 spiro atoms. The molecule has 3 aromatic rings. The van der Waals surface area contributed by atoms with Gasteiger partial charge in [0.05, 0.1) is 22.8 Å². The molecular weight excluding hydrogens is 552 g/mol. The average Bonchev–Trinajstić information content (AvgIpc) is 2.98. The number of hydrogen-bond acceptors (Lipinski definition) is 4. The van der Waals surface area contributed by atoms with E-state index in [-0.39, 0.29) is 23.1 Å². The van der Waals surface area contributed by atoms with Crippen molar-refractivity contribution < 1.29 is 27.8 Å². The fraction of sp³-hybridized carbons (Fsp3) is 0.409. The van der Waals surface area contributed by atoms with Crippen LogP contribution in [-0.4, -0.2) is 49.8 Å². The Hall–Kier alpha value is -2.57. The molecule has 176 valence electrons.